The zero-order valence-corrected chi connectivity index (χ0v) is 13.8. The van der Waals surface area contributed by atoms with E-state index >= 15 is 0 Å². The Hall–Kier alpha value is -2.82. The van der Waals surface area contributed by atoms with Gasteiger partial charge in [0.2, 0.25) is 0 Å². The lowest BCUT2D eigenvalue weighted by atomic mass is 10.0. The number of carboxylic acids is 1. The molecular weight excluding hydrogens is 304 g/mol. The number of aromatic nitrogens is 1. The summed E-state index contributed by atoms with van der Waals surface area (Å²) in [6.07, 6.45) is 5.15. The molecule has 1 aromatic heterocycles. The maximum atomic E-state index is 12.3. The highest BCUT2D eigenvalue weighted by atomic mass is 16.4. The fourth-order valence-electron chi connectivity index (χ4n) is 2.95. The van der Waals surface area contributed by atoms with Crippen molar-refractivity contribution >= 4 is 29.2 Å². The second-order valence-corrected chi connectivity index (χ2v) is 5.99. The summed E-state index contributed by atoms with van der Waals surface area (Å²) in [5.41, 5.74) is 6.35. The number of benzene rings is 1. The first-order valence-electron chi connectivity index (χ1n) is 8.04. The maximum absolute atomic E-state index is 12.3. The average Bonchev–Trinajstić information content (AvgIpc) is 3.06. The minimum atomic E-state index is -0.813. The van der Waals surface area contributed by atoms with Gasteiger partial charge in [0.25, 0.3) is 5.91 Å². The quantitative estimate of drug-likeness (QED) is 0.737. The number of carbonyl (C=O) groups excluding carboxylic acids is 1. The van der Waals surface area contributed by atoms with Gasteiger partial charge in [-0.15, -0.1) is 0 Å². The summed E-state index contributed by atoms with van der Waals surface area (Å²) in [5, 5.41) is 11.7. The van der Waals surface area contributed by atoms with Crippen molar-refractivity contribution in [3.05, 3.63) is 52.3 Å². The zero-order chi connectivity index (χ0) is 17.3. The number of hydrogen-bond donors (Lipinski definition) is 3. The largest absolute Gasteiger partial charge is 0.481 e. The van der Waals surface area contributed by atoms with Gasteiger partial charge in [-0.1, -0.05) is 13.0 Å². The molecule has 3 rings (SSSR count). The Bertz CT molecular complexity index is 846. The van der Waals surface area contributed by atoms with Gasteiger partial charge in [0.05, 0.1) is 5.57 Å². The standard InChI is InChI=1S/C19H20N2O3/c1-3-12-4-6-16-14(8-12)15(19(24)21-16)9-17-11(2)13(10-20-17)5-7-18(22)23/h4,6,8-10,20H,3,5,7H2,1-2H3,(H,21,24)(H,22,23). The van der Waals surface area contributed by atoms with Crippen LogP contribution in [0.1, 0.15) is 41.3 Å². The van der Waals surface area contributed by atoms with Crippen LogP contribution in [-0.2, 0) is 22.4 Å². The molecule has 1 aromatic carbocycles. The van der Waals surface area contributed by atoms with Crippen LogP contribution in [0.2, 0.25) is 0 Å². The van der Waals surface area contributed by atoms with E-state index in [9.17, 15) is 9.59 Å². The van der Waals surface area contributed by atoms with E-state index in [2.05, 4.69) is 17.2 Å². The third kappa shape index (κ3) is 2.97. The van der Waals surface area contributed by atoms with E-state index in [1.54, 1.807) is 0 Å². The summed E-state index contributed by atoms with van der Waals surface area (Å²) in [4.78, 5) is 26.2. The molecule has 0 fully saturated rings. The molecule has 0 saturated carbocycles. The highest BCUT2D eigenvalue weighted by molar-refractivity contribution is 6.34. The molecular formula is C19H20N2O3. The van der Waals surface area contributed by atoms with Crippen molar-refractivity contribution in [3.63, 3.8) is 0 Å². The number of nitrogens with one attached hydrogen (secondary N) is 2. The first-order chi connectivity index (χ1) is 11.5. The van der Waals surface area contributed by atoms with Crippen molar-refractivity contribution in [1.82, 2.24) is 4.98 Å². The van der Waals surface area contributed by atoms with Gasteiger partial charge in [0.1, 0.15) is 0 Å². The molecule has 124 valence electrons. The molecule has 3 N–H and O–H groups in total. The third-order valence-electron chi connectivity index (χ3n) is 4.46. The molecule has 1 aliphatic heterocycles. The minimum absolute atomic E-state index is 0.0951. The van der Waals surface area contributed by atoms with Gasteiger partial charge in [-0.05, 0) is 54.7 Å². The van der Waals surface area contributed by atoms with Crippen LogP contribution in [0, 0.1) is 6.92 Å². The van der Waals surface area contributed by atoms with Gasteiger partial charge < -0.3 is 15.4 Å². The summed E-state index contributed by atoms with van der Waals surface area (Å²) in [6, 6.07) is 6.00. The first kappa shape index (κ1) is 16.1. The number of anilines is 1. The summed E-state index contributed by atoms with van der Waals surface area (Å²) in [7, 11) is 0. The first-order valence-corrected chi connectivity index (χ1v) is 8.04. The fourth-order valence-corrected chi connectivity index (χ4v) is 2.95. The molecule has 0 spiro atoms. The van der Waals surface area contributed by atoms with Crippen molar-refractivity contribution in [3.8, 4) is 0 Å². The highest BCUT2D eigenvalue weighted by Gasteiger charge is 2.24. The molecule has 2 aromatic rings. The van der Waals surface area contributed by atoms with Crippen molar-refractivity contribution in [2.45, 2.75) is 33.1 Å². The van der Waals surface area contributed by atoms with E-state index in [-0.39, 0.29) is 12.3 Å². The summed E-state index contributed by atoms with van der Waals surface area (Å²) < 4.78 is 0. The molecule has 1 amide bonds. The van der Waals surface area contributed by atoms with Crippen LogP contribution < -0.4 is 5.32 Å². The molecule has 0 atom stereocenters. The van der Waals surface area contributed by atoms with Crippen LogP contribution in [0.5, 0.6) is 0 Å². The van der Waals surface area contributed by atoms with E-state index < -0.39 is 5.97 Å². The van der Waals surface area contributed by atoms with Crippen LogP contribution in [0.25, 0.3) is 11.6 Å². The Morgan fingerprint density at radius 3 is 2.83 bits per heavy atom. The fraction of sp³-hybridized carbons (Fsp3) is 0.263. The highest BCUT2D eigenvalue weighted by Crippen LogP contribution is 2.34. The van der Waals surface area contributed by atoms with Crippen LogP contribution in [-0.4, -0.2) is 22.0 Å². The number of carboxylic acid groups (broad SMARTS) is 1. The van der Waals surface area contributed by atoms with Gasteiger partial charge in [0.15, 0.2) is 0 Å². The number of amides is 1. The molecule has 0 saturated heterocycles. The summed E-state index contributed by atoms with van der Waals surface area (Å²) in [5.74, 6) is -0.925. The Balaban J connectivity index is 1.95. The number of aromatic amines is 1. The van der Waals surface area contributed by atoms with E-state index in [1.165, 1.54) is 5.56 Å². The topological polar surface area (TPSA) is 82.2 Å². The van der Waals surface area contributed by atoms with E-state index in [1.807, 2.05) is 37.4 Å². The lowest BCUT2D eigenvalue weighted by Crippen LogP contribution is -2.03. The summed E-state index contributed by atoms with van der Waals surface area (Å²) in [6.45, 7) is 4.02. The van der Waals surface area contributed by atoms with Crippen LogP contribution >= 0.6 is 0 Å². The molecule has 5 heteroatoms. The van der Waals surface area contributed by atoms with Gasteiger partial charge in [-0.3, -0.25) is 9.59 Å². The molecule has 0 aliphatic carbocycles. The second-order valence-electron chi connectivity index (χ2n) is 5.99. The number of carbonyl (C=O) groups is 2. The molecule has 1 aliphatic rings. The van der Waals surface area contributed by atoms with Crippen molar-refractivity contribution < 1.29 is 14.7 Å². The van der Waals surface area contributed by atoms with Gasteiger partial charge >= 0.3 is 5.97 Å². The average molecular weight is 324 g/mol. The van der Waals surface area contributed by atoms with E-state index in [0.29, 0.717) is 12.0 Å². The predicted molar refractivity (Wildman–Crippen MR) is 93.8 cm³/mol. The number of aryl methyl sites for hydroxylation is 2. The SMILES string of the molecule is CCc1ccc2c(c1)C(=Cc1[nH]cc(CCC(=O)O)c1C)C(=O)N2. The second kappa shape index (κ2) is 6.35. The molecule has 2 heterocycles. The number of fused-ring (bicyclic) bond motifs is 1. The zero-order valence-electron chi connectivity index (χ0n) is 13.8. The number of hydrogen-bond acceptors (Lipinski definition) is 2. The van der Waals surface area contributed by atoms with Crippen molar-refractivity contribution in [2.75, 3.05) is 5.32 Å². The molecule has 5 nitrogen and oxygen atoms in total. The maximum Gasteiger partial charge on any atom is 0.303 e. The van der Waals surface area contributed by atoms with Crippen molar-refractivity contribution in [2.24, 2.45) is 0 Å². The van der Waals surface area contributed by atoms with Gasteiger partial charge in [0, 0.05) is 29.6 Å². The van der Waals surface area contributed by atoms with Gasteiger partial charge in [-0.25, -0.2) is 0 Å². The summed E-state index contributed by atoms with van der Waals surface area (Å²) >= 11 is 0. The van der Waals surface area contributed by atoms with Gasteiger partial charge in [-0.2, -0.15) is 0 Å². The van der Waals surface area contributed by atoms with Crippen LogP contribution in [0.15, 0.2) is 24.4 Å². The van der Waals surface area contributed by atoms with E-state index in [0.717, 1.165) is 34.5 Å². The number of rotatable bonds is 5. The molecule has 0 unspecified atom stereocenters. The Morgan fingerprint density at radius 2 is 2.12 bits per heavy atom. The van der Waals surface area contributed by atoms with Crippen LogP contribution in [0.3, 0.4) is 0 Å². The number of aliphatic carboxylic acids is 1. The Kier molecular flexibility index (Phi) is 4.25. The predicted octanol–water partition coefficient (Wildman–Crippen LogP) is 3.40. The number of H-pyrrole nitrogens is 1. The molecule has 24 heavy (non-hydrogen) atoms. The lowest BCUT2D eigenvalue weighted by Gasteiger charge is -2.02. The minimum Gasteiger partial charge on any atom is -0.481 e. The monoisotopic (exact) mass is 324 g/mol. The normalized spacial score (nSPS) is 14.8. The lowest BCUT2D eigenvalue weighted by molar-refractivity contribution is -0.137. The smallest absolute Gasteiger partial charge is 0.303 e. The Morgan fingerprint density at radius 1 is 1.33 bits per heavy atom. The molecule has 0 bridgehead atoms. The Labute approximate surface area is 140 Å². The van der Waals surface area contributed by atoms with Crippen LogP contribution in [0.4, 0.5) is 5.69 Å². The third-order valence-corrected chi connectivity index (χ3v) is 4.46. The van der Waals surface area contributed by atoms with E-state index in [4.69, 9.17) is 5.11 Å². The van der Waals surface area contributed by atoms with Crippen molar-refractivity contribution in [1.29, 1.82) is 0 Å². The molecule has 0 radical (unpaired) electrons.